The number of aliphatic hydroxyl groups is 4. The monoisotopic (exact) mass is 523 g/mol. The van der Waals surface area contributed by atoms with E-state index in [1.165, 1.54) is 24.3 Å². The molecule has 0 unspecified atom stereocenters. The maximum absolute atomic E-state index is 12.4. The van der Waals surface area contributed by atoms with Crippen LogP contribution in [-0.4, -0.2) is 101 Å². The molecule has 2 heterocycles. The molecule has 0 bridgehead atoms. The van der Waals surface area contributed by atoms with Crippen LogP contribution in [0.15, 0.2) is 24.3 Å². The van der Waals surface area contributed by atoms with Gasteiger partial charge in [0, 0.05) is 19.5 Å². The van der Waals surface area contributed by atoms with E-state index in [1.807, 2.05) is 0 Å². The summed E-state index contributed by atoms with van der Waals surface area (Å²) in [6, 6.07) is 3.32. The molecule has 14 heteroatoms. The molecule has 2 saturated heterocycles. The molecule has 10 atom stereocenters. The van der Waals surface area contributed by atoms with Gasteiger partial charge in [-0.15, -0.1) is 13.2 Å². The summed E-state index contributed by atoms with van der Waals surface area (Å²) >= 11 is 0. The first-order valence-corrected chi connectivity index (χ1v) is 11.6. The number of nitrogens with one attached hydrogen (secondary N) is 2. The average molecular weight is 524 g/mol. The molecule has 1 aromatic rings. The normalized spacial score (nSPS) is 42.9. The summed E-state index contributed by atoms with van der Waals surface area (Å²) in [6.45, 7) is 1.61. The quantitative estimate of drug-likeness (QED) is 0.236. The molecule has 1 saturated carbocycles. The fourth-order valence-corrected chi connectivity index (χ4v) is 5.14. The van der Waals surface area contributed by atoms with Crippen LogP contribution in [0.25, 0.3) is 0 Å². The fraction of sp³-hybridized carbons (Fsp3) is 0.727. The standard InChI is InChI=1S/C22H32F3N3O8/c1-10-7-20(31,9-28-8-11-3-5-12(6-4-11)35-22(23,24)25)21(32)19(33-10)34-18-16(30)13(26)15(29)14(27-2)17(18)36-21/h3-6,10,13-19,27-32H,7-9,26H2,1-2H3/t10-,13-,14+,15+,16+,17-,18-,19+,20-,21-/m1/s1. The molecule has 0 aromatic heterocycles. The molecule has 0 amide bonds. The number of rotatable bonds is 6. The highest BCUT2D eigenvalue weighted by molar-refractivity contribution is 5.27. The lowest BCUT2D eigenvalue weighted by Crippen LogP contribution is -2.81. The van der Waals surface area contributed by atoms with Crippen LogP contribution in [0.2, 0.25) is 0 Å². The van der Waals surface area contributed by atoms with Crippen molar-refractivity contribution in [2.24, 2.45) is 5.73 Å². The SMILES string of the molecule is CN[C@H]1[C@@H](O)[C@@H](N)[C@H](O)[C@H]2O[C@@H]3O[C@H](C)C[C@@](O)(CNCc4ccc(OC(F)(F)F)cc4)[C@]3(O)O[C@H]12. The molecule has 11 nitrogen and oxygen atoms in total. The van der Waals surface area contributed by atoms with Gasteiger partial charge in [0.2, 0.25) is 12.1 Å². The van der Waals surface area contributed by atoms with Crippen molar-refractivity contribution in [1.29, 1.82) is 0 Å². The zero-order chi connectivity index (χ0) is 26.5. The van der Waals surface area contributed by atoms with E-state index in [9.17, 15) is 33.6 Å². The number of fused-ring (bicyclic) bond motifs is 2. The minimum Gasteiger partial charge on any atom is -0.406 e. The Hall–Kier alpha value is -1.59. The van der Waals surface area contributed by atoms with E-state index in [4.69, 9.17) is 19.9 Å². The predicted molar refractivity (Wildman–Crippen MR) is 116 cm³/mol. The van der Waals surface area contributed by atoms with Crippen molar-refractivity contribution < 1.29 is 52.5 Å². The van der Waals surface area contributed by atoms with Crippen LogP contribution < -0.4 is 21.1 Å². The van der Waals surface area contributed by atoms with Crippen LogP contribution >= 0.6 is 0 Å². The Morgan fingerprint density at radius 1 is 1.11 bits per heavy atom. The maximum atomic E-state index is 12.4. The minimum absolute atomic E-state index is 0.0546. The zero-order valence-corrected chi connectivity index (χ0v) is 19.7. The van der Waals surface area contributed by atoms with E-state index in [0.29, 0.717) is 5.56 Å². The van der Waals surface area contributed by atoms with E-state index in [-0.39, 0.29) is 25.3 Å². The summed E-state index contributed by atoms with van der Waals surface area (Å²) in [5, 5.41) is 50.0. The highest BCUT2D eigenvalue weighted by atomic mass is 19.4. The van der Waals surface area contributed by atoms with Gasteiger partial charge in [-0.25, -0.2) is 0 Å². The Labute approximate surface area is 205 Å². The van der Waals surface area contributed by atoms with Crippen molar-refractivity contribution in [2.45, 2.75) is 86.5 Å². The number of aliphatic hydroxyl groups excluding tert-OH is 2. The van der Waals surface area contributed by atoms with Crippen LogP contribution in [0, 0.1) is 0 Å². The topological polar surface area (TPSA) is 168 Å². The Kier molecular flexibility index (Phi) is 7.58. The van der Waals surface area contributed by atoms with Gasteiger partial charge in [0.05, 0.1) is 24.3 Å². The molecule has 0 radical (unpaired) electrons. The predicted octanol–water partition coefficient (Wildman–Crippen LogP) is -1.34. The largest absolute Gasteiger partial charge is 0.573 e. The van der Waals surface area contributed by atoms with Crippen LogP contribution in [0.4, 0.5) is 13.2 Å². The van der Waals surface area contributed by atoms with Crippen molar-refractivity contribution >= 4 is 0 Å². The van der Waals surface area contributed by atoms with Gasteiger partial charge in [0.15, 0.2) is 0 Å². The van der Waals surface area contributed by atoms with Crippen molar-refractivity contribution in [3.8, 4) is 5.75 Å². The van der Waals surface area contributed by atoms with E-state index in [2.05, 4.69) is 15.4 Å². The van der Waals surface area contributed by atoms with Gasteiger partial charge >= 0.3 is 6.36 Å². The average Bonchev–Trinajstić information content (AvgIpc) is 2.78. The van der Waals surface area contributed by atoms with Crippen LogP contribution in [-0.2, 0) is 20.8 Å². The van der Waals surface area contributed by atoms with E-state index < -0.39 is 66.6 Å². The second-order valence-electron chi connectivity index (χ2n) is 9.56. The lowest BCUT2D eigenvalue weighted by Gasteiger charge is -2.60. The number of halogens is 3. The number of nitrogens with two attached hydrogens (primary N) is 1. The van der Waals surface area contributed by atoms with Crippen LogP contribution in [0.5, 0.6) is 5.75 Å². The third-order valence-electron chi connectivity index (χ3n) is 6.97. The highest BCUT2D eigenvalue weighted by Gasteiger charge is 2.68. The Balaban J connectivity index is 1.48. The molecule has 204 valence electrons. The first-order chi connectivity index (χ1) is 16.8. The first kappa shape index (κ1) is 27.4. The molecule has 1 aliphatic carbocycles. The third kappa shape index (κ3) is 5.07. The Morgan fingerprint density at radius 3 is 2.39 bits per heavy atom. The Bertz CT molecular complexity index is 912. The number of benzene rings is 1. The summed E-state index contributed by atoms with van der Waals surface area (Å²) in [4.78, 5) is 0. The van der Waals surface area contributed by atoms with Crippen molar-refractivity contribution in [3.63, 3.8) is 0 Å². The Morgan fingerprint density at radius 2 is 1.78 bits per heavy atom. The number of alkyl halides is 3. The molecule has 3 fully saturated rings. The van der Waals surface area contributed by atoms with Crippen molar-refractivity contribution in [1.82, 2.24) is 10.6 Å². The summed E-state index contributed by atoms with van der Waals surface area (Å²) in [5.74, 6) is -2.74. The lowest BCUT2D eigenvalue weighted by atomic mass is 9.78. The van der Waals surface area contributed by atoms with Gasteiger partial charge in [-0.3, -0.25) is 0 Å². The number of likely N-dealkylation sites (N-methyl/N-ethyl adjacent to an activating group) is 1. The van der Waals surface area contributed by atoms with Crippen molar-refractivity contribution in [3.05, 3.63) is 29.8 Å². The van der Waals surface area contributed by atoms with Gasteiger partial charge < -0.3 is 55.7 Å². The van der Waals surface area contributed by atoms with Gasteiger partial charge in [-0.05, 0) is 31.7 Å². The smallest absolute Gasteiger partial charge is 0.406 e. The van der Waals surface area contributed by atoms with Gasteiger partial charge in [-0.2, -0.15) is 0 Å². The molecule has 0 spiro atoms. The second kappa shape index (κ2) is 9.94. The van der Waals surface area contributed by atoms with Gasteiger partial charge in [0.25, 0.3) is 0 Å². The summed E-state index contributed by atoms with van der Waals surface area (Å²) in [5.41, 5.74) is 4.60. The lowest BCUT2D eigenvalue weighted by molar-refractivity contribution is -0.481. The van der Waals surface area contributed by atoms with Crippen molar-refractivity contribution in [2.75, 3.05) is 13.6 Å². The molecular formula is C22H32F3N3O8. The minimum atomic E-state index is -4.79. The number of ether oxygens (including phenoxy) is 4. The van der Waals surface area contributed by atoms with Crippen LogP contribution in [0.1, 0.15) is 18.9 Å². The molecule has 8 N–H and O–H groups in total. The number of hydrogen-bond donors (Lipinski definition) is 7. The number of hydrogen-bond acceptors (Lipinski definition) is 11. The van der Waals surface area contributed by atoms with Gasteiger partial charge in [0.1, 0.15) is 29.7 Å². The van der Waals surface area contributed by atoms with Crippen LogP contribution in [0.3, 0.4) is 0 Å². The first-order valence-electron chi connectivity index (χ1n) is 11.6. The third-order valence-corrected chi connectivity index (χ3v) is 6.97. The molecule has 2 aliphatic heterocycles. The summed E-state index contributed by atoms with van der Waals surface area (Å²) < 4.78 is 58.5. The molecule has 3 aliphatic rings. The molecule has 1 aromatic carbocycles. The molecular weight excluding hydrogens is 491 g/mol. The van der Waals surface area contributed by atoms with E-state index >= 15 is 0 Å². The van der Waals surface area contributed by atoms with E-state index in [0.717, 1.165) is 0 Å². The maximum Gasteiger partial charge on any atom is 0.573 e. The fourth-order valence-electron chi connectivity index (χ4n) is 5.14. The van der Waals surface area contributed by atoms with E-state index in [1.54, 1.807) is 14.0 Å². The second-order valence-corrected chi connectivity index (χ2v) is 9.56. The molecule has 36 heavy (non-hydrogen) atoms. The summed E-state index contributed by atoms with van der Waals surface area (Å²) in [6.07, 6.45) is -11.6. The highest BCUT2D eigenvalue weighted by Crippen LogP contribution is 2.46. The van der Waals surface area contributed by atoms with Gasteiger partial charge in [-0.1, -0.05) is 12.1 Å². The molecule has 4 rings (SSSR count). The summed E-state index contributed by atoms with van der Waals surface area (Å²) in [7, 11) is 1.55. The zero-order valence-electron chi connectivity index (χ0n) is 19.7.